The van der Waals surface area contributed by atoms with Gasteiger partial charge in [0.25, 0.3) is 11.8 Å². The van der Waals surface area contributed by atoms with Crippen LogP contribution in [-0.4, -0.2) is 66.8 Å². The quantitative estimate of drug-likeness (QED) is 0.506. The van der Waals surface area contributed by atoms with Gasteiger partial charge in [0.05, 0.1) is 12.7 Å². The summed E-state index contributed by atoms with van der Waals surface area (Å²) in [7, 11) is 1.47. The molecular weight excluding hydrogens is 486 g/mol. The predicted octanol–water partition coefficient (Wildman–Crippen LogP) is 2.76. The van der Waals surface area contributed by atoms with Crippen LogP contribution in [0.4, 0.5) is 5.82 Å². The fourth-order valence-electron chi connectivity index (χ4n) is 4.16. The van der Waals surface area contributed by atoms with Gasteiger partial charge in [0, 0.05) is 50.6 Å². The number of carbonyl (C=O) groups excluding carboxylic acids is 2. The van der Waals surface area contributed by atoms with E-state index in [2.05, 4.69) is 15.3 Å². The molecular formula is C25H24ClN5O5. The van der Waals surface area contributed by atoms with Crippen LogP contribution in [0.25, 0.3) is 0 Å². The monoisotopic (exact) mass is 509 g/mol. The zero-order valence-electron chi connectivity index (χ0n) is 19.6. The summed E-state index contributed by atoms with van der Waals surface area (Å²) in [5.41, 5.74) is 1.79. The molecule has 1 aromatic carbocycles. The number of carbonyl (C=O) groups is 2. The number of halogens is 1. The molecule has 2 aromatic heterocycles. The highest BCUT2D eigenvalue weighted by Gasteiger charge is 2.26. The molecule has 2 amide bonds. The fourth-order valence-corrected chi connectivity index (χ4v) is 4.36. The summed E-state index contributed by atoms with van der Waals surface area (Å²) >= 11 is 6.02. The molecule has 4 heterocycles. The van der Waals surface area contributed by atoms with Gasteiger partial charge < -0.3 is 29.3 Å². The Morgan fingerprint density at radius 2 is 1.89 bits per heavy atom. The molecule has 0 aliphatic carbocycles. The zero-order chi connectivity index (χ0) is 25.1. The maximum atomic E-state index is 13.0. The highest BCUT2D eigenvalue weighted by Crippen LogP contribution is 2.32. The van der Waals surface area contributed by atoms with E-state index >= 15 is 0 Å². The SMILES string of the molecule is COc1cc(C(=O)N2CCN(c3ncccc3C(=O)NCc3ccc4c(c3)OCO4)CC2)cc(Cl)n1. The van der Waals surface area contributed by atoms with Gasteiger partial charge in [-0.1, -0.05) is 17.7 Å². The van der Waals surface area contributed by atoms with Gasteiger partial charge >= 0.3 is 0 Å². The number of pyridine rings is 2. The van der Waals surface area contributed by atoms with Crippen LogP contribution in [0.3, 0.4) is 0 Å². The van der Waals surface area contributed by atoms with Gasteiger partial charge in [0.2, 0.25) is 12.7 Å². The van der Waals surface area contributed by atoms with Gasteiger partial charge in [0.1, 0.15) is 11.0 Å². The number of piperazine rings is 1. The number of anilines is 1. The van der Waals surface area contributed by atoms with Crippen molar-refractivity contribution in [1.82, 2.24) is 20.2 Å². The Kier molecular flexibility index (Phi) is 6.77. The molecule has 1 saturated heterocycles. The van der Waals surface area contributed by atoms with E-state index in [9.17, 15) is 9.59 Å². The van der Waals surface area contributed by atoms with Crippen LogP contribution in [0, 0.1) is 0 Å². The summed E-state index contributed by atoms with van der Waals surface area (Å²) in [6, 6.07) is 12.2. The fraction of sp³-hybridized carbons (Fsp3) is 0.280. The largest absolute Gasteiger partial charge is 0.481 e. The lowest BCUT2D eigenvalue weighted by Crippen LogP contribution is -2.49. The van der Waals surface area contributed by atoms with Crippen LogP contribution < -0.4 is 24.4 Å². The minimum absolute atomic E-state index is 0.153. The lowest BCUT2D eigenvalue weighted by atomic mass is 10.1. The minimum Gasteiger partial charge on any atom is -0.481 e. The van der Waals surface area contributed by atoms with Crippen molar-refractivity contribution in [3.05, 3.63) is 70.5 Å². The Bertz CT molecular complexity index is 1300. The number of methoxy groups -OCH3 is 1. The van der Waals surface area contributed by atoms with Crippen LogP contribution in [0.2, 0.25) is 5.15 Å². The summed E-state index contributed by atoms with van der Waals surface area (Å²) in [5.74, 6) is 1.86. The van der Waals surface area contributed by atoms with Gasteiger partial charge in [-0.3, -0.25) is 9.59 Å². The second-order valence-corrected chi connectivity index (χ2v) is 8.63. The van der Waals surface area contributed by atoms with Gasteiger partial charge in [-0.25, -0.2) is 9.97 Å². The Morgan fingerprint density at radius 1 is 1.08 bits per heavy atom. The maximum Gasteiger partial charge on any atom is 0.255 e. The topological polar surface area (TPSA) is 106 Å². The summed E-state index contributed by atoms with van der Waals surface area (Å²) in [5, 5.41) is 3.15. The van der Waals surface area contributed by atoms with Gasteiger partial charge in [0.15, 0.2) is 11.5 Å². The van der Waals surface area contributed by atoms with E-state index in [1.807, 2.05) is 23.1 Å². The molecule has 0 radical (unpaired) electrons. The van der Waals surface area contributed by atoms with Crippen LogP contribution in [0.15, 0.2) is 48.7 Å². The molecule has 0 spiro atoms. The first-order valence-electron chi connectivity index (χ1n) is 11.4. The second kappa shape index (κ2) is 10.3. The molecule has 0 bridgehead atoms. The molecule has 2 aliphatic heterocycles. The Morgan fingerprint density at radius 3 is 2.69 bits per heavy atom. The molecule has 10 nitrogen and oxygen atoms in total. The molecule has 1 N–H and O–H groups in total. The van der Waals surface area contributed by atoms with Crippen molar-refractivity contribution in [2.75, 3.05) is 45.0 Å². The molecule has 36 heavy (non-hydrogen) atoms. The van der Waals surface area contributed by atoms with E-state index in [0.717, 1.165) is 5.56 Å². The van der Waals surface area contributed by atoms with Crippen LogP contribution in [-0.2, 0) is 6.54 Å². The molecule has 1 fully saturated rings. The van der Waals surface area contributed by atoms with Gasteiger partial charge in [-0.15, -0.1) is 0 Å². The van der Waals surface area contributed by atoms with Crippen molar-refractivity contribution >= 4 is 29.2 Å². The number of fused-ring (bicyclic) bond motifs is 1. The normalized spacial score (nSPS) is 14.5. The number of ether oxygens (including phenoxy) is 3. The number of amides is 2. The predicted molar refractivity (Wildman–Crippen MR) is 132 cm³/mol. The van der Waals surface area contributed by atoms with E-state index in [-0.39, 0.29) is 29.6 Å². The summed E-state index contributed by atoms with van der Waals surface area (Å²) < 4.78 is 15.9. The van der Waals surface area contributed by atoms with Crippen LogP contribution in [0.5, 0.6) is 17.4 Å². The Balaban J connectivity index is 1.23. The molecule has 0 unspecified atom stereocenters. The molecule has 3 aromatic rings. The first-order valence-corrected chi connectivity index (χ1v) is 11.8. The standard InChI is InChI=1S/C25H24ClN5O5/c1-34-22-13-17(12-21(26)29-22)25(33)31-9-7-30(8-10-31)23-18(3-2-6-27-23)24(32)28-14-16-4-5-19-20(11-16)36-15-35-19/h2-6,11-13H,7-10,14-15H2,1H3,(H,28,32). The third kappa shape index (κ3) is 4.99. The number of rotatable bonds is 6. The summed E-state index contributed by atoms with van der Waals surface area (Å²) in [6.07, 6.45) is 1.66. The third-order valence-corrected chi connectivity index (χ3v) is 6.21. The second-order valence-electron chi connectivity index (χ2n) is 8.25. The van der Waals surface area contributed by atoms with Crippen molar-refractivity contribution in [3.63, 3.8) is 0 Å². The average Bonchev–Trinajstić information content (AvgIpc) is 3.39. The smallest absolute Gasteiger partial charge is 0.255 e. The molecule has 0 atom stereocenters. The molecule has 2 aliphatic rings. The van der Waals surface area contributed by atoms with Crippen molar-refractivity contribution in [1.29, 1.82) is 0 Å². The highest BCUT2D eigenvalue weighted by molar-refractivity contribution is 6.29. The Labute approximate surface area is 212 Å². The van der Waals surface area contributed by atoms with Gasteiger partial charge in [-0.2, -0.15) is 0 Å². The van der Waals surface area contributed by atoms with E-state index in [1.165, 1.54) is 13.2 Å². The van der Waals surface area contributed by atoms with Crippen molar-refractivity contribution in [2.24, 2.45) is 0 Å². The van der Waals surface area contributed by atoms with Gasteiger partial charge in [-0.05, 0) is 35.9 Å². The number of aromatic nitrogens is 2. The molecule has 11 heteroatoms. The summed E-state index contributed by atoms with van der Waals surface area (Å²) in [6.45, 7) is 2.53. The maximum absolute atomic E-state index is 13.0. The van der Waals surface area contributed by atoms with E-state index in [4.69, 9.17) is 25.8 Å². The van der Waals surface area contributed by atoms with E-state index in [0.29, 0.717) is 61.2 Å². The molecule has 186 valence electrons. The van der Waals surface area contributed by atoms with Crippen molar-refractivity contribution in [2.45, 2.75) is 6.54 Å². The Hall–Kier alpha value is -4.05. The number of hydrogen-bond acceptors (Lipinski definition) is 8. The number of hydrogen-bond donors (Lipinski definition) is 1. The highest BCUT2D eigenvalue weighted by atomic mass is 35.5. The first kappa shape index (κ1) is 23.7. The lowest BCUT2D eigenvalue weighted by Gasteiger charge is -2.36. The van der Waals surface area contributed by atoms with Crippen LogP contribution in [0.1, 0.15) is 26.3 Å². The van der Waals surface area contributed by atoms with Crippen molar-refractivity contribution < 1.29 is 23.8 Å². The lowest BCUT2D eigenvalue weighted by molar-refractivity contribution is 0.0745. The average molecular weight is 510 g/mol. The van der Waals surface area contributed by atoms with E-state index in [1.54, 1.807) is 29.3 Å². The number of benzene rings is 1. The minimum atomic E-state index is -0.229. The molecule has 5 rings (SSSR count). The molecule has 0 saturated carbocycles. The zero-order valence-corrected chi connectivity index (χ0v) is 20.3. The van der Waals surface area contributed by atoms with E-state index < -0.39 is 0 Å². The first-order chi connectivity index (χ1) is 17.5. The summed E-state index contributed by atoms with van der Waals surface area (Å²) in [4.78, 5) is 38.3. The van der Waals surface area contributed by atoms with Crippen molar-refractivity contribution in [3.8, 4) is 17.4 Å². The van der Waals surface area contributed by atoms with Crippen LogP contribution >= 0.6 is 11.6 Å². The number of nitrogens with zero attached hydrogens (tertiary/aromatic N) is 4. The number of nitrogens with one attached hydrogen (secondary N) is 1. The third-order valence-electron chi connectivity index (χ3n) is 6.01.